The second-order valence-electron chi connectivity index (χ2n) is 3.87. The van der Waals surface area contributed by atoms with Crippen LogP contribution in [-0.2, 0) is 6.42 Å². The van der Waals surface area contributed by atoms with E-state index in [0.29, 0.717) is 12.1 Å². The van der Waals surface area contributed by atoms with Gasteiger partial charge in [0.2, 0.25) is 0 Å². The summed E-state index contributed by atoms with van der Waals surface area (Å²) < 4.78 is 0. The summed E-state index contributed by atoms with van der Waals surface area (Å²) in [6.45, 7) is 2.41. The Bertz CT molecular complexity index is 538. The Labute approximate surface area is 103 Å². The number of H-pyrrole nitrogens is 1. The number of anilines is 1. The summed E-state index contributed by atoms with van der Waals surface area (Å²) in [5.41, 5.74) is 1.64. The molecule has 0 fully saturated rings. The normalized spacial score (nSPS) is 10.3. The highest BCUT2D eigenvalue weighted by atomic mass is 16.6. The van der Waals surface area contributed by atoms with E-state index in [4.69, 9.17) is 0 Å². The van der Waals surface area contributed by atoms with Crippen molar-refractivity contribution < 1.29 is 4.92 Å². The molecule has 1 aromatic carbocycles. The van der Waals surface area contributed by atoms with Crippen molar-refractivity contribution in [1.82, 2.24) is 15.2 Å². The minimum absolute atomic E-state index is 0.135. The first-order chi connectivity index (χ1) is 8.66. The maximum atomic E-state index is 10.7. The number of aromatic nitrogens is 3. The summed E-state index contributed by atoms with van der Waals surface area (Å²) in [5, 5.41) is 20.4. The standard InChI is InChI=1S/C11H13N5O2/c1-8-6-9(2-3-10(8)16(17)18)12-5-4-11-13-7-14-15-11/h2-3,6-7,12H,4-5H2,1H3,(H,13,14,15). The average Bonchev–Trinajstić information content (AvgIpc) is 2.81. The molecule has 0 bridgehead atoms. The summed E-state index contributed by atoms with van der Waals surface area (Å²) in [6.07, 6.45) is 2.18. The second-order valence-corrected chi connectivity index (χ2v) is 3.87. The van der Waals surface area contributed by atoms with E-state index in [-0.39, 0.29) is 10.6 Å². The molecule has 2 aromatic rings. The van der Waals surface area contributed by atoms with E-state index in [2.05, 4.69) is 20.5 Å². The molecule has 94 valence electrons. The van der Waals surface area contributed by atoms with Gasteiger partial charge < -0.3 is 5.32 Å². The second kappa shape index (κ2) is 5.26. The van der Waals surface area contributed by atoms with Gasteiger partial charge in [-0.1, -0.05) is 0 Å². The fraction of sp³-hybridized carbons (Fsp3) is 0.273. The molecule has 2 N–H and O–H groups in total. The number of rotatable bonds is 5. The molecule has 2 rings (SSSR count). The van der Waals surface area contributed by atoms with Gasteiger partial charge in [0.05, 0.1) is 4.92 Å². The minimum Gasteiger partial charge on any atom is -0.385 e. The third-order valence-corrected chi connectivity index (χ3v) is 2.55. The van der Waals surface area contributed by atoms with E-state index in [9.17, 15) is 10.1 Å². The third-order valence-electron chi connectivity index (χ3n) is 2.55. The average molecular weight is 247 g/mol. The van der Waals surface area contributed by atoms with E-state index < -0.39 is 0 Å². The maximum Gasteiger partial charge on any atom is 0.272 e. The Hall–Kier alpha value is -2.44. The molecule has 0 aliphatic rings. The van der Waals surface area contributed by atoms with Gasteiger partial charge in [-0.25, -0.2) is 4.98 Å². The van der Waals surface area contributed by atoms with Crippen molar-refractivity contribution in [2.75, 3.05) is 11.9 Å². The van der Waals surface area contributed by atoms with E-state index in [0.717, 1.165) is 17.9 Å². The Balaban J connectivity index is 1.94. The van der Waals surface area contributed by atoms with Gasteiger partial charge in [-0.3, -0.25) is 15.2 Å². The number of nitro benzene ring substituents is 1. The molecule has 0 spiro atoms. The highest BCUT2D eigenvalue weighted by Gasteiger charge is 2.09. The minimum atomic E-state index is -0.381. The molecule has 0 radical (unpaired) electrons. The van der Waals surface area contributed by atoms with Gasteiger partial charge in [-0.15, -0.1) is 0 Å². The Morgan fingerprint density at radius 3 is 2.94 bits per heavy atom. The van der Waals surface area contributed by atoms with Crippen molar-refractivity contribution in [2.45, 2.75) is 13.3 Å². The van der Waals surface area contributed by atoms with E-state index >= 15 is 0 Å². The number of aromatic amines is 1. The predicted octanol–water partition coefficient (Wildman–Crippen LogP) is 1.68. The molecule has 18 heavy (non-hydrogen) atoms. The molecule has 0 unspecified atom stereocenters. The van der Waals surface area contributed by atoms with Crippen LogP contribution in [0.15, 0.2) is 24.5 Å². The molecular weight excluding hydrogens is 234 g/mol. The van der Waals surface area contributed by atoms with E-state index in [1.807, 2.05) is 0 Å². The number of nitrogens with zero attached hydrogens (tertiary/aromatic N) is 3. The van der Waals surface area contributed by atoms with Crippen LogP contribution < -0.4 is 5.32 Å². The fourth-order valence-corrected chi connectivity index (χ4v) is 1.65. The van der Waals surface area contributed by atoms with Gasteiger partial charge in [0.25, 0.3) is 5.69 Å². The lowest BCUT2D eigenvalue weighted by Crippen LogP contribution is -2.06. The molecule has 0 saturated carbocycles. The molecule has 7 heteroatoms. The van der Waals surface area contributed by atoms with Crippen molar-refractivity contribution in [2.24, 2.45) is 0 Å². The number of hydrogen-bond acceptors (Lipinski definition) is 5. The molecule has 1 heterocycles. The van der Waals surface area contributed by atoms with Crippen molar-refractivity contribution >= 4 is 11.4 Å². The highest BCUT2D eigenvalue weighted by Crippen LogP contribution is 2.21. The number of nitrogens with one attached hydrogen (secondary N) is 2. The molecule has 1 aromatic heterocycles. The number of hydrogen-bond donors (Lipinski definition) is 2. The van der Waals surface area contributed by atoms with Crippen molar-refractivity contribution in [3.05, 3.63) is 46.0 Å². The van der Waals surface area contributed by atoms with Crippen LogP contribution in [0, 0.1) is 17.0 Å². The molecule has 0 aliphatic heterocycles. The zero-order chi connectivity index (χ0) is 13.0. The summed E-state index contributed by atoms with van der Waals surface area (Å²) in [5.74, 6) is 0.807. The van der Waals surface area contributed by atoms with Crippen LogP contribution in [0.4, 0.5) is 11.4 Å². The summed E-state index contributed by atoms with van der Waals surface area (Å²) in [6, 6.07) is 4.97. The van der Waals surface area contributed by atoms with Gasteiger partial charge in [0, 0.05) is 30.3 Å². The van der Waals surface area contributed by atoms with Crippen LogP contribution in [0.25, 0.3) is 0 Å². The SMILES string of the molecule is Cc1cc(NCCc2ncn[nH]2)ccc1[N+](=O)[O-]. The quantitative estimate of drug-likeness (QED) is 0.618. The predicted molar refractivity (Wildman–Crippen MR) is 66.4 cm³/mol. The summed E-state index contributed by atoms with van der Waals surface area (Å²) >= 11 is 0. The number of aryl methyl sites for hydroxylation is 1. The lowest BCUT2D eigenvalue weighted by molar-refractivity contribution is -0.385. The Kier molecular flexibility index (Phi) is 3.52. The topological polar surface area (TPSA) is 96.7 Å². The van der Waals surface area contributed by atoms with Crippen LogP contribution >= 0.6 is 0 Å². The Morgan fingerprint density at radius 1 is 1.50 bits per heavy atom. The zero-order valence-electron chi connectivity index (χ0n) is 9.88. The van der Waals surface area contributed by atoms with Crippen molar-refractivity contribution in [1.29, 1.82) is 0 Å². The van der Waals surface area contributed by atoms with Gasteiger partial charge >= 0.3 is 0 Å². The van der Waals surface area contributed by atoms with Crippen LogP contribution in [0.1, 0.15) is 11.4 Å². The smallest absolute Gasteiger partial charge is 0.272 e. The maximum absolute atomic E-state index is 10.7. The first-order valence-electron chi connectivity index (χ1n) is 5.50. The van der Waals surface area contributed by atoms with Crippen LogP contribution in [0.3, 0.4) is 0 Å². The van der Waals surface area contributed by atoms with Gasteiger partial charge in [0.15, 0.2) is 0 Å². The largest absolute Gasteiger partial charge is 0.385 e. The fourth-order valence-electron chi connectivity index (χ4n) is 1.65. The highest BCUT2D eigenvalue weighted by molar-refractivity contribution is 5.53. The van der Waals surface area contributed by atoms with Crippen molar-refractivity contribution in [3.8, 4) is 0 Å². The molecule has 0 saturated heterocycles. The van der Waals surface area contributed by atoms with E-state index in [1.54, 1.807) is 19.1 Å². The molecule has 7 nitrogen and oxygen atoms in total. The van der Waals surface area contributed by atoms with Crippen LogP contribution in [0.2, 0.25) is 0 Å². The zero-order valence-corrected chi connectivity index (χ0v) is 9.88. The lowest BCUT2D eigenvalue weighted by Gasteiger charge is -2.06. The lowest BCUT2D eigenvalue weighted by atomic mass is 10.2. The van der Waals surface area contributed by atoms with Crippen LogP contribution in [0.5, 0.6) is 0 Å². The third kappa shape index (κ3) is 2.82. The number of benzene rings is 1. The van der Waals surface area contributed by atoms with Gasteiger partial charge in [0.1, 0.15) is 12.2 Å². The monoisotopic (exact) mass is 247 g/mol. The molecule has 0 atom stereocenters. The van der Waals surface area contributed by atoms with Gasteiger partial charge in [-0.05, 0) is 19.1 Å². The molecular formula is C11H13N5O2. The van der Waals surface area contributed by atoms with E-state index in [1.165, 1.54) is 12.4 Å². The summed E-state index contributed by atoms with van der Waals surface area (Å²) in [4.78, 5) is 14.3. The van der Waals surface area contributed by atoms with Gasteiger partial charge in [-0.2, -0.15) is 5.10 Å². The van der Waals surface area contributed by atoms with Crippen LogP contribution in [-0.4, -0.2) is 26.6 Å². The first kappa shape index (κ1) is 12.0. The molecule has 0 aliphatic carbocycles. The molecule has 0 amide bonds. The Morgan fingerprint density at radius 2 is 2.33 bits per heavy atom. The first-order valence-corrected chi connectivity index (χ1v) is 5.50. The summed E-state index contributed by atoms with van der Waals surface area (Å²) in [7, 11) is 0. The van der Waals surface area contributed by atoms with Crippen molar-refractivity contribution in [3.63, 3.8) is 0 Å². The number of nitro groups is 1.